The fourth-order valence-corrected chi connectivity index (χ4v) is 2.50. The van der Waals surface area contributed by atoms with E-state index in [-0.39, 0.29) is 10.8 Å². The van der Waals surface area contributed by atoms with Crippen molar-refractivity contribution in [3.8, 4) is 0 Å². The van der Waals surface area contributed by atoms with Crippen molar-refractivity contribution in [1.29, 1.82) is 0 Å². The fraction of sp³-hybridized carbons (Fsp3) is 0.917. The molecule has 1 fully saturated rings. The molecule has 0 aromatic carbocycles. The van der Waals surface area contributed by atoms with Gasteiger partial charge in [0.1, 0.15) is 5.78 Å². The Kier molecular flexibility index (Phi) is 2.57. The fourth-order valence-electron chi connectivity index (χ4n) is 2.50. The molecule has 0 amide bonds. The SMILES string of the molecule is CCCCC(=O)C1C(C)(C)C1(C)C. The van der Waals surface area contributed by atoms with Crippen LogP contribution in [0.25, 0.3) is 0 Å². The van der Waals surface area contributed by atoms with Gasteiger partial charge in [-0.2, -0.15) is 0 Å². The zero-order valence-corrected chi connectivity index (χ0v) is 9.61. The molecule has 0 saturated heterocycles. The highest BCUT2D eigenvalue weighted by atomic mass is 16.1. The molecule has 1 saturated carbocycles. The summed E-state index contributed by atoms with van der Waals surface area (Å²) in [5, 5.41) is 0. The summed E-state index contributed by atoms with van der Waals surface area (Å²) in [7, 11) is 0. The normalized spacial score (nSPS) is 24.4. The van der Waals surface area contributed by atoms with E-state index in [4.69, 9.17) is 0 Å². The second kappa shape index (κ2) is 3.11. The summed E-state index contributed by atoms with van der Waals surface area (Å²) in [4.78, 5) is 11.8. The molecular weight excluding hydrogens is 160 g/mol. The second-order valence-corrected chi connectivity index (χ2v) is 5.45. The van der Waals surface area contributed by atoms with E-state index in [1.165, 1.54) is 0 Å². The minimum absolute atomic E-state index is 0.234. The summed E-state index contributed by atoms with van der Waals surface area (Å²) < 4.78 is 0. The first-order chi connectivity index (χ1) is 5.85. The summed E-state index contributed by atoms with van der Waals surface area (Å²) in [6.45, 7) is 11.0. The molecule has 0 spiro atoms. The van der Waals surface area contributed by atoms with Gasteiger partial charge >= 0.3 is 0 Å². The van der Waals surface area contributed by atoms with Crippen molar-refractivity contribution in [2.75, 3.05) is 0 Å². The van der Waals surface area contributed by atoms with E-state index in [1.807, 2.05) is 0 Å². The van der Waals surface area contributed by atoms with E-state index in [9.17, 15) is 4.79 Å². The molecule has 1 aliphatic carbocycles. The summed E-state index contributed by atoms with van der Waals surface area (Å²) in [6.07, 6.45) is 2.97. The van der Waals surface area contributed by atoms with Crippen molar-refractivity contribution >= 4 is 5.78 Å². The lowest BCUT2D eigenvalue weighted by molar-refractivity contribution is -0.121. The lowest BCUT2D eigenvalue weighted by atomic mass is 10.0. The molecule has 76 valence electrons. The molecular formula is C12H22O. The van der Waals surface area contributed by atoms with Crippen LogP contribution < -0.4 is 0 Å². The number of rotatable bonds is 4. The molecule has 1 aliphatic rings. The van der Waals surface area contributed by atoms with Gasteiger partial charge in [-0.25, -0.2) is 0 Å². The molecule has 1 heteroatoms. The van der Waals surface area contributed by atoms with Crippen LogP contribution in [0.2, 0.25) is 0 Å². The van der Waals surface area contributed by atoms with Crippen LogP contribution in [0, 0.1) is 16.7 Å². The highest BCUT2D eigenvalue weighted by Crippen LogP contribution is 2.68. The maximum absolute atomic E-state index is 11.8. The Morgan fingerprint density at radius 1 is 1.15 bits per heavy atom. The molecule has 0 atom stereocenters. The molecule has 0 radical (unpaired) electrons. The molecule has 0 unspecified atom stereocenters. The van der Waals surface area contributed by atoms with Gasteiger partial charge in [-0.1, -0.05) is 41.0 Å². The van der Waals surface area contributed by atoms with Crippen LogP contribution in [0.5, 0.6) is 0 Å². The first-order valence-corrected chi connectivity index (χ1v) is 5.38. The highest BCUT2D eigenvalue weighted by molar-refractivity contribution is 5.86. The molecule has 1 rings (SSSR count). The van der Waals surface area contributed by atoms with Gasteiger partial charge in [0.25, 0.3) is 0 Å². The first-order valence-electron chi connectivity index (χ1n) is 5.38. The maximum Gasteiger partial charge on any atom is 0.137 e. The largest absolute Gasteiger partial charge is 0.299 e. The average molecular weight is 182 g/mol. The van der Waals surface area contributed by atoms with Gasteiger partial charge in [0.15, 0.2) is 0 Å². The number of carbonyl (C=O) groups excluding carboxylic acids is 1. The summed E-state index contributed by atoms with van der Waals surface area (Å²) in [5.41, 5.74) is 0.468. The summed E-state index contributed by atoms with van der Waals surface area (Å²) >= 11 is 0. The topological polar surface area (TPSA) is 17.1 Å². The van der Waals surface area contributed by atoms with E-state index in [0.29, 0.717) is 11.7 Å². The lowest BCUT2D eigenvalue weighted by Crippen LogP contribution is -2.06. The monoisotopic (exact) mass is 182 g/mol. The predicted molar refractivity (Wildman–Crippen MR) is 55.6 cm³/mol. The van der Waals surface area contributed by atoms with Crippen molar-refractivity contribution in [2.24, 2.45) is 16.7 Å². The minimum Gasteiger partial charge on any atom is -0.299 e. The molecule has 13 heavy (non-hydrogen) atoms. The molecule has 0 aromatic heterocycles. The van der Waals surface area contributed by atoms with E-state index in [2.05, 4.69) is 34.6 Å². The zero-order chi connectivity index (χ0) is 10.3. The predicted octanol–water partition coefficient (Wildman–Crippen LogP) is 3.43. The smallest absolute Gasteiger partial charge is 0.137 e. The van der Waals surface area contributed by atoms with Crippen LogP contribution in [0.4, 0.5) is 0 Å². The Morgan fingerprint density at radius 3 is 1.92 bits per heavy atom. The molecule has 0 heterocycles. The Morgan fingerprint density at radius 2 is 1.62 bits per heavy atom. The van der Waals surface area contributed by atoms with Crippen LogP contribution in [-0.4, -0.2) is 5.78 Å². The highest BCUT2D eigenvalue weighted by Gasteiger charge is 2.67. The van der Waals surface area contributed by atoms with E-state index >= 15 is 0 Å². The van der Waals surface area contributed by atoms with Crippen LogP contribution in [0.15, 0.2) is 0 Å². The molecule has 0 N–H and O–H groups in total. The third-order valence-electron chi connectivity index (χ3n) is 4.12. The van der Waals surface area contributed by atoms with Crippen LogP contribution in [0.1, 0.15) is 53.9 Å². The Labute approximate surface area is 81.9 Å². The van der Waals surface area contributed by atoms with Gasteiger partial charge in [0.05, 0.1) is 0 Å². The van der Waals surface area contributed by atoms with Crippen molar-refractivity contribution in [1.82, 2.24) is 0 Å². The lowest BCUT2D eigenvalue weighted by Gasteiger charge is -2.03. The number of hydrogen-bond acceptors (Lipinski definition) is 1. The van der Waals surface area contributed by atoms with Gasteiger partial charge in [-0.15, -0.1) is 0 Å². The minimum atomic E-state index is 0.234. The Balaban J connectivity index is 2.53. The van der Waals surface area contributed by atoms with Crippen molar-refractivity contribution in [2.45, 2.75) is 53.9 Å². The van der Waals surface area contributed by atoms with E-state index < -0.39 is 0 Å². The molecule has 0 aliphatic heterocycles. The van der Waals surface area contributed by atoms with Crippen LogP contribution in [0.3, 0.4) is 0 Å². The van der Waals surface area contributed by atoms with E-state index in [0.717, 1.165) is 19.3 Å². The molecule has 1 nitrogen and oxygen atoms in total. The van der Waals surface area contributed by atoms with Crippen molar-refractivity contribution in [3.63, 3.8) is 0 Å². The van der Waals surface area contributed by atoms with Crippen LogP contribution in [-0.2, 0) is 4.79 Å². The third kappa shape index (κ3) is 1.53. The number of hydrogen-bond donors (Lipinski definition) is 0. The molecule has 0 bridgehead atoms. The summed E-state index contributed by atoms with van der Waals surface area (Å²) in [5.74, 6) is 0.795. The van der Waals surface area contributed by atoms with Gasteiger partial charge in [-0.3, -0.25) is 4.79 Å². The van der Waals surface area contributed by atoms with Crippen molar-refractivity contribution in [3.05, 3.63) is 0 Å². The number of ketones is 1. The Hall–Kier alpha value is -0.330. The quantitative estimate of drug-likeness (QED) is 0.651. The van der Waals surface area contributed by atoms with Crippen molar-refractivity contribution < 1.29 is 4.79 Å². The maximum atomic E-state index is 11.8. The Bertz CT molecular complexity index is 199. The van der Waals surface area contributed by atoms with Crippen LogP contribution >= 0.6 is 0 Å². The van der Waals surface area contributed by atoms with Gasteiger partial charge in [0, 0.05) is 12.3 Å². The second-order valence-electron chi connectivity index (χ2n) is 5.45. The standard InChI is InChI=1S/C12H22O/c1-6-7-8-9(13)10-11(2,3)12(10,4)5/h10H,6-8H2,1-5H3. The summed E-state index contributed by atoms with van der Waals surface area (Å²) in [6, 6.07) is 0. The van der Waals surface area contributed by atoms with Gasteiger partial charge < -0.3 is 0 Å². The number of carbonyl (C=O) groups is 1. The average Bonchev–Trinajstić information content (AvgIpc) is 2.39. The zero-order valence-electron chi connectivity index (χ0n) is 9.61. The van der Waals surface area contributed by atoms with E-state index in [1.54, 1.807) is 0 Å². The third-order valence-corrected chi connectivity index (χ3v) is 4.12. The van der Waals surface area contributed by atoms with Gasteiger partial charge in [0.2, 0.25) is 0 Å². The number of Topliss-reactive ketones (excluding diaryl/α,β-unsaturated/α-hetero) is 1. The number of unbranched alkanes of at least 4 members (excludes halogenated alkanes) is 1. The first kappa shape index (κ1) is 10.7. The molecule has 0 aromatic rings. The van der Waals surface area contributed by atoms with Gasteiger partial charge in [-0.05, 0) is 17.3 Å².